The van der Waals surface area contributed by atoms with Crippen LogP contribution < -0.4 is 0 Å². The zero-order chi connectivity index (χ0) is 20.8. The van der Waals surface area contributed by atoms with Crippen LogP contribution in [0.5, 0.6) is 0 Å². The summed E-state index contributed by atoms with van der Waals surface area (Å²) in [4.78, 5) is 17.1. The normalized spacial score (nSPS) is 18.6. The Hall–Kier alpha value is -2.10. The summed E-state index contributed by atoms with van der Waals surface area (Å²) in [5, 5.41) is 9.64. The molecule has 0 spiro atoms. The van der Waals surface area contributed by atoms with E-state index in [1.807, 2.05) is 0 Å². The molecule has 0 N–H and O–H groups in total. The molecule has 2 rings (SSSR count). The molecule has 1 aliphatic heterocycles. The van der Waals surface area contributed by atoms with Gasteiger partial charge >= 0.3 is 0 Å². The second-order valence-corrected chi connectivity index (χ2v) is 8.13. The number of ether oxygens (including phenoxy) is 1. The molecular weight excluding hydrogens is 352 g/mol. The number of nitrogens with zero attached hydrogens (tertiary/aromatic N) is 4. The minimum atomic E-state index is -0.172. The highest BCUT2D eigenvalue weighted by Crippen LogP contribution is 2.21. The Morgan fingerprint density at radius 3 is 2.68 bits per heavy atom. The molecule has 1 amide bonds. The highest BCUT2D eigenvalue weighted by atomic mass is 16.5. The van der Waals surface area contributed by atoms with Gasteiger partial charge in [-0.2, -0.15) is 5.26 Å². The van der Waals surface area contributed by atoms with E-state index in [-0.39, 0.29) is 17.5 Å². The zero-order valence-electron chi connectivity index (χ0n) is 18.2. The van der Waals surface area contributed by atoms with Crippen molar-refractivity contribution in [3.05, 3.63) is 28.6 Å². The first-order valence-corrected chi connectivity index (χ1v) is 10.1. The van der Waals surface area contributed by atoms with Crippen molar-refractivity contribution in [3.63, 3.8) is 0 Å². The van der Waals surface area contributed by atoms with Gasteiger partial charge < -0.3 is 14.2 Å². The van der Waals surface area contributed by atoms with Crippen LogP contribution >= 0.6 is 0 Å². The average molecular weight is 387 g/mol. The van der Waals surface area contributed by atoms with Crippen molar-refractivity contribution in [1.82, 2.24) is 14.4 Å². The molecule has 1 unspecified atom stereocenters. The van der Waals surface area contributed by atoms with E-state index in [0.717, 1.165) is 36.6 Å². The quantitative estimate of drug-likeness (QED) is 0.534. The highest BCUT2D eigenvalue weighted by Gasteiger charge is 2.28. The van der Waals surface area contributed by atoms with E-state index < -0.39 is 0 Å². The average Bonchev–Trinajstić information content (AvgIpc) is 2.91. The molecule has 1 aromatic rings. The van der Waals surface area contributed by atoms with E-state index >= 15 is 0 Å². The summed E-state index contributed by atoms with van der Waals surface area (Å²) in [7, 11) is 1.70. The van der Waals surface area contributed by atoms with E-state index in [1.165, 1.54) is 0 Å². The van der Waals surface area contributed by atoms with Gasteiger partial charge in [0.15, 0.2) is 0 Å². The standard InChI is InChI=1S/C22H34N4O2/c1-16(2)14-26-17(3)11-20(19(26)5)12-21(13-23)22(27)25-8-7-24(9-10-28-6)18(4)15-25/h11-12,16,18H,7-10,14-15H2,1-6H3/b21-12+. The first kappa shape index (κ1) is 22.2. The Kier molecular flexibility index (Phi) is 7.85. The number of nitriles is 1. The maximum absolute atomic E-state index is 13.0. The van der Waals surface area contributed by atoms with E-state index in [2.05, 4.69) is 56.2 Å². The second-order valence-electron chi connectivity index (χ2n) is 8.13. The van der Waals surface area contributed by atoms with Crippen molar-refractivity contribution >= 4 is 12.0 Å². The van der Waals surface area contributed by atoms with Crippen LogP contribution in [-0.2, 0) is 16.1 Å². The summed E-state index contributed by atoms with van der Waals surface area (Å²) in [6.45, 7) is 15.2. The Balaban J connectivity index is 2.15. The number of piperazine rings is 1. The van der Waals surface area contributed by atoms with Gasteiger partial charge in [-0.3, -0.25) is 9.69 Å². The van der Waals surface area contributed by atoms with Crippen LogP contribution in [0.15, 0.2) is 11.6 Å². The monoisotopic (exact) mass is 386 g/mol. The number of hydrogen-bond acceptors (Lipinski definition) is 4. The Bertz CT molecular complexity index is 757. The van der Waals surface area contributed by atoms with Crippen molar-refractivity contribution in [1.29, 1.82) is 5.26 Å². The number of rotatable bonds is 7. The molecule has 1 aliphatic rings. The number of amides is 1. The van der Waals surface area contributed by atoms with Gasteiger partial charge in [-0.15, -0.1) is 0 Å². The summed E-state index contributed by atoms with van der Waals surface area (Å²) in [6, 6.07) is 4.45. The Morgan fingerprint density at radius 1 is 1.39 bits per heavy atom. The van der Waals surface area contributed by atoms with Crippen molar-refractivity contribution in [2.24, 2.45) is 5.92 Å². The molecule has 2 heterocycles. The van der Waals surface area contributed by atoms with Gasteiger partial charge in [0.1, 0.15) is 11.6 Å². The Labute approximate surface area is 169 Å². The maximum atomic E-state index is 13.0. The topological polar surface area (TPSA) is 61.5 Å². The lowest BCUT2D eigenvalue weighted by molar-refractivity contribution is -0.129. The summed E-state index contributed by atoms with van der Waals surface area (Å²) in [5.41, 5.74) is 3.42. The SMILES string of the molecule is COCCN1CCN(C(=O)/C(C#N)=C/c2cc(C)n(CC(C)C)c2C)CC1C. The molecule has 0 aliphatic carbocycles. The molecule has 154 valence electrons. The Morgan fingerprint density at radius 2 is 2.11 bits per heavy atom. The number of carbonyl (C=O) groups is 1. The maximum Gasteiger partial charge on any atom is 0.264 e. The molecule has 0 saturated carbocycles. The van der Waals surface area contributed by atoms with Gasteiger partial charge in [0.05, 0.1) is 6.61 Å². The third-order valence-corrected chi connectivity index (χ3v) is 5.45. The van der Waals surface area contributed by atoms with Crippen LogP contribution in [0.4, 0.5) is 0 Å². The summed E-state index contributed by atoms with van der Waals surface area (Å²) in [5.74, 6) is 0.365. The van der Waals surface area contributed by atoms with Crippen molar-refractivity contribution in [2.75, 3.05) is 39.9 Å². The summed E-state index contributed by atoms with van der Waals surface area (Å²) >= 11 is 0. The lowest BCUT2D eigenvalue weighted by Crippen LogP contribution is -2.54. The van der Waals surface area contributed by atoms with Gasteiger partial charge in [0.2, 0.25) is 0 Å². The van der Waals surface area contributed by atoms with Gasteiger partial charge in [-0.25, -0.2) is 0 Å². The van der Waals surface area contributed by atoms with E-state index in [4.69, 9.17) is 4.74 Å². The van der Waals surface area contributed by atoms with Gasteiger partial charge in [-0.1, -0.05) is 13.8 Å². The second kappa shape index (κ2) is 9.90. The van der Waals surface area contributed by atoms with E-state index in [9.17, 15) is 10.1 Å². The van der Waals surface area contributed by atoms with Crippen molar-refractivity contribution in [3.8, 4) is 6.07 Å². The van der Waals surface area contributed by atoms with Gasteiger partial charge in [0.25, 0.3) is 5.91 Å². The minimum Gasteiger partial charge on any atom is -0.383 e. The predicted octanol–water partition coefficient (Wildman–Crippen LogP) is 2.85. The molecule has 6 nitrogen and oxygen atoms in total. The first-order chi connectivity index (χ1) is 13.3. The highest BCUT2D eigenvalue weighted by molar-refractivity contribution is 6.01. The molecule has 0 bridgehead atoms. The van der Waals surface area contributed by atoms with Crippen LogP contribution in [-0.4, -0.2) is 66.2 Å². The molecule has 28 heavy (non-hydrogen) atoms. The van der Waals surface area contributed by atoms with Crippen molar-refractivity contribution < 1.29 is 9.53 Å². The van der Waals surface area contributed by atoms with Crippen molar-refractivity contribution in [2.45, 2.75) is 47.2 Å². The van der Waals surface area contributed by atoms with Crippen LogP contribution in [0.3, 0.4) is 0 Å². The molecule has 0 aromatic carbocycles. The lowest BCUT2D eigenvalue weighted by atomic mass is 10.1. The fraction of sp³-hybridized carbons (Fsp3) is 0.636. The molecular formula is C22H34N4O2. The number of hydrogen-bond donors (Lipinski definition) is 0. The molecule has 1 atom stereocenters. The fourth-order valence-electron chi connectivity index (χ4n) is 3.81. The third-order valence-electron chi connectivity index (χ3n) is 5.45. The molecule has 1 fully saturated rings. The molecule has 6 heteroatoms. The zero-order valence-corrected chi connectivity index (χ0v) is 18.2. The first-order valence-electron chi connectivity index (χ1n) is 10.1. The van der Waals surface area contributed by atoms with Crippen LogP contribution in [0, 0.1) is 31.1 Å². The largest absolute Gasteiger partial charge is 0.383 e. The van der Waals surface area contributed by atoms with Gasteiger partial charge in [-0.05, 0) is 44.4 Å². The molecule has 0 radical (unpaired) electrons. The minimum absolute atomic E-state index is 0.172. The summed E-state index contributed by atoms with van der Waals surface area (Å²) < 4.78 is 7.42. The lowest BCUT2D eigenvalue weighted by Gasteiger charge is -2.39. The number of aromatic nitrogens is 1. The van der Waals surface area contributed by atoms with E-state index in [0.29, 0.717) is 25.6 Å². The van der Waals surface area contributed by atoms with Crippen LogP contribution in [0.25, 0.3) is 6.08 Å². The smallest absolute Gasteiger partial charge is 0.264 e. The number of methoxy groups -OCH3 is 1. The third kappa shape index (κ3) is 5.24. The van der Waals surface area contributed by atoms with Crippen LogP contribution in [0.2, 0.25) is 0 Å². The fourth-order valence-corrected chi connectivity index (χ4v) is 3.81. The number of carbonyl (C=O) groups excluding carboxylic acids is 1. The molecule has 1 saturated heterocycles. The van der Waals surface area contributed by atoms with E-state index in [1.54, 1.807) is 18.1 Å². The summed E-state index contributed by atoms with van der Waals surface area (Å²) in [6.07, 6.45) is 1.75. The van der Waals surface area contributed by atoms with Gasteiger partial charge in [0, 0.05) is 57.3 Å². The number of aryl methyl sites for hydroxylation is 1. The molecule has 1 aromatic heterocycles. The predicted molar refractivity (Wildman–Crippen MR) is 112 cm³/mol. The van der Waals surface area contributed by atoms with Crippen LogP contribution in [0.1, 0.15) is 37.7 Å².